The molecule has 0 aliphatic heterocycles. The number of fused-ring (bicyclic) bond motifs is 1. The van der Waals surface area contributed by atoms with Gasteiger partial charge in [-0.1, -0.05) is 25.1 Å². The van der Waals surface area contributed by atoms with Crippen LogP contribution in [0.25, 0.3) is 10.9 Å². The number of hydrogen-bond acceptors (Lipinski definition) is 2. The third-order valence-electron chi connectivity index (χ3n) is 4.31. The molecular weight excluding hydrogens is 280 g/mol. The van der Waals surface area contributed by atoms with Gasteiger partial charge in [-0.25, -0.2) is 0 Å². The number of hydrogen-bond donors (Lipinski definition) is 2. The van der Waals surface area contributed by atoms with Crippen molar-refractivity contribution in [3.63, 3.8) is 0 Å². The van der Waals surface area contributed by atoms with Gasteiger partial charge >= 0.3 is 5.97 Å². The molecule has 0 spiro atoms. The third-order valence-corrected chi connectivity index (χ3v) is 4.31. The number of carboxylic acids is 1. The molecule has 2 N–H and O–H groups in total. The molecule has 0 bridgehead atoms. The van der Waals surface area contributed by atoms with Crippen LogP contribution in [-0.2, 0) is 11.3 Å². The van der Waals surface area contributed by atoms with Crippen molar-refractivity contribution in [2.24, 2.45) is 5.92 Å². The van der Waals surface area contributed by atoms with Gasteiger partial charge in [0.2, 0.25) is 0 Å². The molecule has 1 fully saturated rings. The van der Waals surface area contributed by atoms with Gasteiger partial charge in [0.1, 0.15) is 5.69 Å². The molecule has 2 aromatic rings. The van der Waals surface area contributed by atoms with Crippen LogP contribution in [0, 0.1) is 5.92 Å². The average molecular weight is 300 g/mol. The van der Waals surface area contributed by atoms with Crippen LogP contribution >= 0.6 is 0 Å². The van der Waals surface area contributed by atoms with Crippen molar-refractivity contribution >= 4 is 22.8 Å². The zero-order valence-corrected chi connectivity index (χ0v) is 12.6. The summed E-state index contributed by atoms with van der Waals surface area (Å²) in [5.74, 6) is -1.20. The number of amides is 1. The topological polar surface area (TPSA) is 71.3 Å². The van der Waals surface area contributed by atoms with E-state index < -0.39 is 5.97 Å². The Bertz CT molecular complexity index is 714. The third kappa shape index (κ3) is 2.58. The highest BCUT2D eigenvalue weighted by Gasteiger charge is 2.35. The predicted molar refractivity (Wildman–Crippen MR) is 83.8 cm³/mol. The summed E-state index contributed by atoms with van der Waals surface area (Å²) in [5, 5.41) is 12.9. The molecule has 22 heavy (non-hydrogen) atoms. The molecule has 1 aromatic heterocycles. The lowest BCUT2D eigenvalue weighted by Crippen LogP contribution is -2.47. The van der Waals surface area contributed by atoms with Gasteiger partial charge in [0.05, 0.1) is 5.92 Å². The molecule has 1 heterocycles. The first-order valence-corrected chi connectivity index (χ1v) is 7.72. The Labute approximate surface area is 128 Å². The summed E-state index contributed by atoms with van der Waals surface area (Å²) in [7, 11) is 0. The van der Waals surface area contributed by atoms with E-state index in [1.165, 1.54) is 0 Å². The molecule has 1 aliphatic carbocycles. The number of para-hydroxylation sites is 1. The summed E-state index contributed by atoms with van der Waals surface area (Å²) in [6.45, 7) is 2.87. The molecule has 1 aliphatic rings. The number of carbonyl (C=O) groups excluding carboxylic acids is 1. The van der Waals surface area contributed by atoms with Gasteiger partial charge in [0.25, 0.3) is 5.91 Å². The van der Waals surface area contributed by atoms with E-state index in [1.54, 1.807) is 0 Å². The van der Waals surface area contributed by atoms with Crippen molar-refractivity contribution in [2.45, 2.75) is 38.8 Å². The monoisotopic (exact) mass is 300 g/mol. The molecule has 5 nitrogen and oxygen atoms in total. The second-order valence-electron chi connectivity index (χ2n) is 5.92. The summed E-state index contributed by atoms with van der Waals surface area (Å²) in [4.78, 5) is 23.3. The van der Waals surface area contributed by atoms with Crippen LogP contribution in [0.2, 0.25) is 0 Å². The first-order chi connectivity index (χ1) is 10.6. The fourth-order valence-corrected chi connectivity index (χ4v) is 3.06. The Kier molecular flexibility index (Phi) is 3.88. The Balaban J connectivity index is 1.79. The number of benzene rings is 1. The summed E-state index contributed by atoms with van der Waals surface area (Å²) in [6, 6.07) is 9.84. The van der Waals surface area contributed by atoms with Gasteiger partial charge in [0, 0.05) is 23.5 Å². The summed E-state index contributed by atoms with van der Waals surface area (Å²) < 4.78 is 2.04. The van der Waals surface area contributed by atoms with Crippen molar-refractivity contribution in [3.05, 3.63) is 36.0 Å². The SMILES string of the molecule is CCCn1c(C(=O)NC2CC(C(=O)O)C2)cc2ccccc21. The minimum absolute atomic E-state index is 0.0262. The first-order valence-electron chi connectivity index (χ1n) is 7.72. The highest BCUT2D eigenvalue weighted by atomic mass is 16.4. The van der Waals surface area contributed by atoms with Gasteiger partial charge in [-0.3, -0.25) is 9.59 Å². The van der Waals surface area contributed by atoms with Crippen LogP contribution in [0.4, 0.5) is 0 Å². The standard InChI is InChI=1S/C17H20N2O3/c1-2-7-19-14-6-4-3-5-11(14)10-15(19)16(20)18-13-8-12(9-13)17(21)22/h3-6,10,12-13H,2,7-9H2,1H3,(H,18,20)(H,21,22). The molecule has 0 unspecified atom stereocenters. The van der Waals surface area contributed by atoms with Crippen LogP contribution in [-0.4, -0.2) is 27.6 Å². The van der Waals surface area contributed by atoms with Crippen LogP contribution in [0.3, 0.4) is 0 Å². The Morgan fingerprint density at radius 3 is 2.73 bits per heavy atom. The largest absolute Gasteiger partial charge is 0.481 e. The molecule has 0 radical (unpaired) electrons. The Hall–Kier alpha value is -2.30. The van der Waals surface area contributed by atoms with Gasteiger partial charge in [-0.05, 0) is 31.4 Å². The van der Waals surface area contributed by atoms with E-state index >= 15 is 0 Å². The Morgan fingerprint density at radius 2 is 2.05 bits per heavy atom. The molecule has 0 atom stereocenters. The molecule has 5 heteroatoms. The molecule has 1 amide bonds. The van der Waals surface area contributed by atoms with Crippen molar-refractivity contribution in [1.29, 1.82) is 0 Å². The number of aryl methyl sites for hydroxylation is 1. The van der Waals surface area contributed by atoms with E-state index in [-0.39, 0.29) is 17.9 Å². The highest BCUT2D eigenvalue weighted by Crippen LogP contribution is 2.28. The molecule has 1 saturated carbocycles. The predicted octanol–water partition coefficient (Wildman–Crippen LogP) is 2.64. The van der Waals surface area contributed by atoms with Crippen molar-refractivity contribution in [1.82, 2.24) is 9.88 Å². The zero-order valence-electron chi connectivity index (χ0n) is 12.6. The Morgan fingerprint density at radius 1 is 1.32 bits per heavy atom. The minimum Gasteiger partial charge on any atom is -0.481 e. The fourth-order valence-electron chi connectivity index (χ4n) is 3.06. The number of nitrogens with zero attached hydrogens (tertiary/aromatic N) is 1. The van der Waals surface area contributed by atoms with Gasteiger partial charge in [-0.15, -0.1) is 0 Å². The number of aromatic nitrogens is 1. The maximum absolute atomic E-state index is 12.5. The van der Waals surface area contributed by atoms with E-state index in [2.05, 4.69) is 12.2 Å². The number of nitrogens with one attached hydrogen (secondary N) is 1. The van der Waals surface area contributed by atoms with Gasteiger partial charge < -0.3 is 15.0 Å². The molecular formula is C17H20N2O3. The first kappa shape index (κ1) is 14.6. The van der Waals surface area contributed by atoms with Crippen LogP contribution in [0.5, 0.6) is 0 Å². The van der Waals surface area contributed by atoms with Crippen molar-refractivity contribution in [2.75, 3.05) is 0 Å². The van der Waals surface area contributed by atoms with Crippen LogP contribution < -0.4 is 5.32 Å². The minimum atomic E-state index is -0.773. The lowest BCUT2D eigenvalue weighted by molar-refractivity contribution is -0.145. The second kappa shape index (κ2) is 5.83. The highest BCUT2D eigenvalue weighted by molar-refractivity contribution is 5.99. The van der Waals surface area contributed by atoms with Crippen molar-refractivity contribution in [3.8, 4) is 0 Å². The number of rotatable bonds is 5. The van der Waals surface area contributed by atoms with Crippen LogP contribution in [0.1, 0.15) is 36.7 Å². The van der Waals surface area contributed by atoms with Crippen LogP contribution in [0.15, 0.2) is 30.3 Å². The van der Waals surface area contributed by atoms with Crippen molar-refractivity contribution < 1.29 is 14.7 Å². The lowest BCUT2D eigenvalue weighted by Gasteiger charge is -2.32. The fraction of sp³-hybridized carbons (Fsp3) is 0.412. The number of carbonyl (C=O) groups is 2. The normalized spacial score (nSPS) is 20.6. The molecule has 116 valence electrons. The summed E-state index contributed by atoms with van der Waals surface area (Å²) in [5.41, 5.74) is 1.72. The average Bonchev–Trinajstić information content (AvgIpc) is 2.81. The quantitative estimate of drug-likeness (QED) is 0.891. The molecule has 1 aromatic carbocycles. The van der Waals surface area contributed by atoms with E-state index in [1.807, 2.05) is 34.9 Å². The second-order valence-corrected chi connectivity index (χ2v) is 5.92. The van der Waals surface area contributed by atoms with E-state index in [0.717, 1.165) is 23.9 Å². The van der Waals surface area contributed by atoms with E-state index in [0.29, 0.717) is 18.5 Å². The summed E-state index contributed by atoms with van der Waals surface area (Å²) in [6.07, 6.45) is 1.99. The van der Waals surface area contributed by atoms with Gasteiger partial charge in [0.15, 0.2) is 0 Å². The molecule has 3 rings (SSSR count). The van der Waals surface area contributed by atoms with E-state index in [4.69, 9.17) is 5.11 Å². The smallest absolute Gasteiger partial charge is 0.306 e. The van der Waals surface area contributed by atoms with Gasteiger partial charge in [-0.2, -0.15) is 0 Å². The summed E-state index contributed by atoms with van der Waals surface area (Å²) >= 11 is 0. The molecule has 0 saturated heterocycles. The number of aliphatic carboxylic acids is 1. The zero-order chi connectivity index (χ0) is 15.7. The maximum Gasteiger partial charge on any atom is 0.306 e. The lowest BCUT2D eigenvalue weighted by atomic mass is 9.80. The maximum atomic E-state index is 12.5. The van der Waals surface area contributed by atoms with E-state index in [9.17, 15) is 9.59 Å². The number of carboxylic acid groups (broad SMARTS) is 1.